The summed E-state index contributed by atoms with van der Waals surface area (Å²) in [5, 5.41) is 6.59. The highest BCUT2D eigenvalue weighted by molar-refractivity contribution is 6.30. The fourth-order valence-electron chi connectivity index (χ4n) is 1.88. The molecule has 0 bridgehead atoms. The smallest absolute Gasteiger partial charge is 0.269 e. The van der Waals surface area contributed by atoms with Gasteiger partial charge >= 0.3 is 0 Å². The summed E-state index contributed by atoms with van der Waals surface area (Å²) in [5.74, 6) is -0.205. The predicted molar refractivity (Wildman–Crippen MR) is 81.1 cm³/mol. The number of hydrogen-bond acceptors (Lipinski definition) is 3. The molecule has 0 fully saturated rings. The third-order valence-electron chi connectivity index (χ3n) is 2.95. The van der Waals surface area contributed by atoms with Crippen LogP contribution in [0.25, 0.3) is 0 Å². The van der Waals surface area contributed by atoms with Crippen LogP contribution < -0.4 is 10.6 Å². The molecule has 1 amide bonds. The lowest BCUT2D eigenvalue weighted by Gasteiger charge is -2.16. The highest BCUT2D eigenvalue weighted by Gasteiger charge is 2.09. The minimum Gasteiger partial charge on any atom is -0.378 e. The number of carbonyl (C=O) groups is 1. The van der Waals surface area contributed by atoms with E-state index in [0.717, 1.165) is 11.3 Å². The van der Waals surface area contributed by atoms with Gasteiger partial charge in [-0.05, 0) is 36.8 Å². The van der Waals surface area contributed by atoms with Crippen LogP contribution in [-0.2, 0) is 0 Å². The molecule has 0 aliphatic carbocycles. The van der Waals surface area contributed by atoms with Crippen molar-refractivity contribution in [3.63, 3.8) is 0 Å². The normalized spacial score (nSPS) is 11.8. The molecular weight excluding hydrogens is 274 g/mol. The largest absolute Gasteiger partial charge is 0.378 e. The molecule has 0 saturated carbocycles. The minimum absolute atomic E-state index is 0.0774. The molecule has 2 rings (SSSR count). The summed E-state index contributed by atoms with van der Waals surface area (Å²) in [6.45, 7) is 2.03. The van der Waals surface area contributed by atoms with Crippen LogP contribution in [-0.4, -0.2) is 17.9 Å². The van der Waals surface area contributed by atoms with E-state index in [1.807, 2.05) is 37.3 Å². The van der Waals surface area contributed by atoms with Crippen molar-refractivity contribution < 1.29 is 4.79 Å². The Morgan fingerprint density at radius 2 is 2.10 bits per heavy atom. The van der Waals surface area contributed by atoms with Crippen LogP contribution in [0.2, 0.25) is 5.02 Å². The van der Waals surface area contributed by atoms with E-state index in [1.165, 1.54) is 0 Å². The number of rotatable bonds is 4. The third kappa shape index (κ3) is 3.48. The Hall–Kier alpha value is -2.07. The summed E-state index contributed by atoms with van der Waals surface area (Å²) in [7, 11) is 1.58. The third-order valence-corrected chi connectivity index (χ3v) is 3.19. The van der Waals surface area contributed by atoms with Crippen LogP contribution in [0, 0.1) is 0 Å². The number of aromatic nitrogens is 1. The Balaban J connectivity index is 2.15. The van der Waals surface area contributed by atoms with Crippen LogP contribution in [0.3, 0.4) is 0 Å². The Morgan fingerprint density at radius 3 is 2.80 bits per heavy atom. The zero-order valence-electron chi connectivity index (χ0n) is 11.4. The molecule has 1 aromatic heterocycles. The molecule has 5 heteroatoms. The van der Waals surface area contributed by atoms with E-state index in [9.17, 15) is 4.79 Å². The molecule has 1 heterocycles. The Labute approximate surface area is 123 Å². The van der Waals surface area contributed by atoms with Crippen molar-refractivity contribution in [3.05, 3.63) is 58.9 Å². The van der Waals surface area contributed by atoms with E-state index in [0.29, 0.717) is 10.7 Å². The molecule has 0 aliphatic heterocycles. The molecule has 1 atom stereocenters. The topological polar surface area (TPSA) is 54.0 Å². The van der Waals surface area contributed by atoms with Gasteiger partial charge < -0.3 is 10.6 Å². The van der Waals surface area contributed by atoms with Crippen LogP contribution in [0.15, 0.2) is 42.6 Å². The highest BCUT2D eigenvalue weighted by atomic mass is 35.5. The second-order valence-electron chi connectivity index (χ2n) is 4.43. The standard InChI is InChI=1S/C15H16ClN3O/c1-10(11-4-3-5-12(16)8-11)19-13-6-7-18-14(9-13)15(20)17-2/h3-10H,1-2H3,(H,17,20)(H,18,19). The molecule has 0 aliphatic rings. The number of halogens is 1. The van der Waals surface area contributed by atoms with Crippen LogP contribution in [0.5, 0.6) is 0 Å². The molecule has 2 N–H and O–H groups in total. The van der Waals surface area contributed by atoms with Crippen LogP contribution >= 0.6 is 11.6 Å². The summed E-state index contributed by atoms with van der Waals surface area (Å²) in [6, 6.07) is 11.3. The van der Waals surface area contributed by atoms with E-state index in [1.54, 1.807) is 19.3 Å². The maximum absolute atomic E-state index is 11.5. The van der Waals surface area contributed by atoms with Gasteiger partial charge in [-0.25, -0.2) is 0 Å². The highest BCUT2D eigenvalue weighted by Crippen LogP contribution is 2.21. The zero-order valence-corrected chi connectivity index (χ0v) is 12.1. The molecule has 0 radical (unpaired) electrons. The van der Waals surface area contributed by atoms with Crippen LogP contribution in [0.4, 0.5) is 5.69 Å². The number of anilines is 1. The molecule has 2 aromatic rings. The van der Waals surface area contributed by atoms with Crippen molar-refractivity contribution >= 4 is 23.2 Å². The van der Waals surface area contributed by atoms with E-state index in [-0.39, 0.29) is 11.9 Å². The molecule has 104 valence electrons. The zero-order chi connectivity index (χ0) is 14.5. The minimum atomic E-state index is -0.205. The molecular formula is C15H16ClN3O. The van der Waals surface area contributed by atoms with Gasteiger partial charge in [0.25, 0.3) is 5.91 Å². The van der Waals surface area contributed by atoms with E-state index in [2.05, 4.69) is 15.6 Å². The number of hydrogen-bond donors (Lipinski definition) is 2. The monoisotopic (exact) mass is 289 g/mol. The lowest BCUT2D eigenvalue weighted by molar-refractivity contribution is 0.0958. The van der Waals surface area contributed by atoms with Gasteiger partial charge in [0.1, 0.15) is 5.69 Å². The molecule has 1 aromatic carbocycles. The first kappa shape index (κ1) is 14.3. The molecule has 4 nitrogen and oxygen atoms in total. The second kappa shape index (κ2) is 6.39. The second-order valence-corrected chi connectivity index (χ2v) is 4.87. The van der Waals surface area contributed by atoms with Crippen molar-refractivity contribution in [2.24, 2.45) is 0 Å². The van der Waals surface area contributed by atoms with Gasteiger partial charge in [-0.15, -0.1) is 0 Å². The Kier molecular flexibility index (Phi) is 4.58. The summed E-state index contributed by atoms with van der Waals surface area (Å²) in [6.07, 6.45) is 1.61. The lowest BCUT2D eigenvalue weighted by Crippen LogP contribution is -2.19. The van der Waals surface area contributed by atoms with Gasteiger partial charge in [-0.1, -0.05) is 23.7 Å². The van der Waals surface area contributed by atoms with E-state index in [4.69, 9.17) is 11.6 Å². The molecule has 0 saturated heterocycles. The first-order chi connectivity index (χ1) is 9.60. The summed E-state index contributed by atoms with van der Waals surface area (Å²) < 4.78 is 0. The number of nitrogens with zero attached hydrogens (tertiary/aromatic N) is 1. The van der Waals surface area contributed by atoms with Gasteiger partial charge in [-0.3, -0.25) is 9.78 Å². The average Bonchev–Trinajstić information content (AvgIpc) is 2.46. The van der Waals surface area contributed by atoms with Gasteiger partial charge in [0, 0.05) is 30.0 Å². The molecule has 0 spiro atoms. The van der Waals surface area contributed by atoms with Gasteiger partial charge in [0.15, 0.2) is 0 Å². The number of nitrogens with one attached hydrogen (secondary N) is 2. The summed E-state index contributed by atoms with van der Waals surface area (Å²) in [4.78, 5) is 15.6. The molecule has 20 heavy (non-hydrogen) atoms. The first-order valence-electron chi connectivity index (χ1n) is 6.30. The fraction of sp³-hybridized carbons (Fsp3) is 0.200. The predicted octanol–water partition coefficient (Wildman–Crippen LogP) is 3.27. The van der Waals surface area contributed by atoms with E-state index >= 15 is 0 Å². The average molecular weight is 290 g/mol. The number of pyridine rings is 1. The van der Waals surface area contributed by atoms with Crippen molar-refractivity contribution in [2.45, 2.75) is 13.0 Å². The first-order valence-corrected chi connectivity index (χ1v) is 6.68. The maximum atomic E-state index is 11.5. The lowest BCUT2D eigenvalue weighted by atomic mass is 10.1. The van der Waals surface area contributed by atoms with Crippen molar-refractivity contribution in [1.29, 1.82) is 0 Å². The van der Waals surface area contributed by atoms with Gasteiger partial charge in [-0.2, -0.15) is 0 Å². The quantitative estimate of drug-likeness (QED) is 0.908. The van der Waals surface area contributed by atoms with E-state index < -0.39 is 0 Å². The van der Waals surface area contributed by atoms with Gasteiger partial charge in [0.05, 0.1) is 0 Å². The van der Waals surface area contributed by atoms with Crippen molar-refractivity contribution in [3.8, 4) is 0 Å². The van der Waals surface area contributed by atoms with Crippen molar-refractivity contribution in [1.82, 2.24) is 10.3 Å². The number of amides is 1. The maximum Gasteiger partial charge on any atom is 0.269 e. The fourth-order valence-corrected chi connectivity index (χ4v) is 2.08. The summed E-state index contributed by atoms with van der Waals surface area (Å²) in [5.41, 5.74) is 2.30. The molecule has 1 unspecified atom stereocenters. The summed E-state index contributed by atoms with van der Waals surface area (Å²) >= 11 is 5.99. The Bertz CT molecular complexity index is 616. The van der Waals surface area contributed by atoms with Gasteiger partial charge in [0.2, 0.25) is 0 Å². The van der Waals surface area contributed by atoms with Crippen LogP contribution in [0.1, 0.15) is 29.0 Å². The SMILES string of the molecule is CNC(=O)c1cc(NC(C)c2cccc(Cl)c2)ccn1. The van der Waals surface area contributed by atoms with Crippen molar-refractivity contribution in [2.75, 3.05) is 12.4 Å². The number of carbonyl (C=O) groups excluding carboxylic acids is 1. The Morgan fingerprint density at radius 1 is 1.30 bits per heavy atom. The number of benzene rings is 1.